The molecule has 0 bridgehead atoms. The minimum atomic E-state index is -0.190. The molecule has 0 aromatic heterocycles. The van der Waals surface area contributed by atoms with E-state index in [1.807, 2.05) is 13.8 Å². The van der Waals surface area contributed by atoms with Crippen LogP contribution in [0.3, 0.4) is 0 Å². The number of hydrogen-bond donors (Lipinski definition) is 2. The van der Waals surface area contributed by atoms with Gasteiger partial charge in [0.1, 0.15) is 0 Å². The summed E-state index contributed by atoms with van der Waals surface area (Å²) in [4.78, 5) is 0. The van der Waals surface area contributed by atoms with Crippen LogP contribution in [0.2, 0.25) is 0 Å². The van der Waals surface area contributed by atoms with Crippen LogP contribution >= 0.6 is 0 Å². The van der Waals surface area contributed by atoms with E-state index in [4.69, 9.17) is 14.2 Å². The molecule has 0 aliphatic rings. The fourth-order valence-electron chi connectivity index (χ4n) is 11.7. The molecule has 14 unspecified atom stereocenters. The van der Waals surface area contributed by atoms with Gasteiger partial charge in [-0.25, -0.2) is 0 Å². The molecule has 0 aromatic rings. The lowest BCUT2D eigenvalue weighted by molar-refractivity contribution is -0.250. The second-order valence-electron chi connectivity index (χ2n) is 23.2. The van der Waals surface area contributed by atoms with E-state index in [-0.39, 0.29) is 24.8 Å². The molecule has 5 nitrogen and oxygen atoms in total. The number of rotatable bonds is 46. The third-order valence-corrected chi connectivity index (χ3v) is 14.1. The summed E-state index contributed by atoms with van der Waals surface area (Å²) in [5.41, 5.74) is 0. The Kier molecular flexibility index (Phi) is 40.7. The zero-order valence-electron chi connectivity index (χ0n) is 45.4. The van der Waals surface area contributed by atoms with Gasteiger partial charge in [0.15, 0.2) is 12.6 Å². The lowest BCUT2D eigenvalue weighted by atomic mass is 9.82. The van der Waals surface area contributed by atoms with Crippen LogP contribution in [0.1, 0.15) is 277 Å². The van der Waals surface area contributed by atoms with Gasteiger partial charge in [-0.1, -0.05) is 160 Å². The van der Waals surface area contributed by atoms with E-state index in [0.717, 1.165) is 100 Å². The van der Waals surface area contributed by atoms with Crippen LogP contribution in [-0.2, 0) is 14.2 Å². The number of ether oxygens (including phenoxy) is 3. The van der Waals surface area contributed by atoms with Crippen molar-refractivity contribution in [2.45, 2.75) is 302 Å². The van der Waals surface area contributed by atoms with E-state index in [1.54, 1.807) is 0 Å². The van der Waals surface area contributed by atoms with E-state index in [2.05, 4.69) is 83.1 Å². The van der Waals surface area contributed by atoms with Crippen molar-refractivity contribution in [2.24, 2.45) is 59.2 Å². The van der Waals surface area contributed by atoms with Gasteiger partial charge in [-0.3, -0.25) is 0 Å². The van der Waals surface area contributed by atoms with Crippen molar-refractivity contribution in [3.05, 3.63) is 0 Å². The monoisotopic (exact) mass is 895 g/mol. The average molecular weight is 896 g/mol. The van der Waals surface area contributed by atoms with Crippen molar-refractivity contribution in [2.75, 3.05) is 13.2 Å². The summed E-state index contributed by atoms with van der Waals surface area (Å²) >= 11 is 0. The molecule has 0 aliphatic heterocycles. The molecule has 0 saturated carbocycles. The summed E-state index contributed by atoms with van der Waals surface area (Å²) in [7, 11) is 0. The highest BCUT2D eigenvalue weighted by atomic mass is 16.8. The van der Waals surface area contributed by atoms with Crippen LogP contribution in [0.4, 0.5) is 0 Å². The smallest absolute Gasteiger partial charge is 0.160 e. The minimum absolute atomic E-state index is 0.186. The fraction of sp³-hybridized carbons (Fsp3) is 1.00. The topological polar surface area (TPSA) is 68.2 Å². The van der Waals surface area contributed by atoms with Crippen molar-refractivity contribution >= 4 is 0 Å². The van der Waals surface area contributed by atoms with Gasteiger partial charge in [0.2, 0.25) is 0 Å². The molecule has 0 aromatic carbocycles. The van der Waals surface area contributed by atoms with Crippen molar-refractivity contribution in [3.8, 4) is 0 Å². The second kappa shape index (κ2) is 40.8. The summed E-state index contributed by atoms with van der Waals surface area (Å²) in [6.45, 7) is 34.2. The lowest BCUT2D eigenvalue weighted by Gasteiger charge is -2.27. The summed E-state index contributed by atoms with van der Waals surface area (Å²) in [5.74, 6) is 7.02. The number of hydrogen-bond acceptors (Lipinski definition) is 5. The Labute approximate surface area is 396 Å². The van der Waals surface area contributed by atoms with Gasteiger partial charge < -0.3 is 24.4 Å². The molecular weight excluding hydrogens is 777 g/mol. The maximum atomic E-state index is 9.81. The third kappa shape index (κ3) is 40.6. The standard InChI is InChI=1S/C58H118O5/c1-15-17-19-21-23-25-33-61-57(31-27-29-45(3)35-47(5)37-49(7)39-51(9)41-53(11)43-55(13)59)63-58(62-34-26-24-22-20-18-16-2)32-28-30-46(4)36-48(6)38-50(8)40-52(10)42-54(12)44-56(14)60/h45-60H,15-44H2,1-14H3. The molecule has 2 N–H and O–H groups in total. The van der Waals surface area contributed by atoms with Crippen LogP contribution in [0.25, 0.3) is 0 Å². The maximum Gasteiger partial charge on any atom is 0.160 e. The molecule has 0 spiro atoms. The van der Waals surface area contributed by atoms with Gasteiger partial charge in [-0.2, -0.15) is 0 Å². The van der Waals surface area contributed by atoms with Gasteiger partial charge in [0.05, 0.1) is 12.2 Å². The molecule has 0 radical (unpaired) electrons. The molecule has 0 amide bonds. The Morgan fingerprint density at radius 1 is 0.286 bits per heavy atom. The molecule has 14 atom stereocenters. The van der Waals surface area contributed by atoms with Gasteiger partial charge >= 0.3 is 0 Å². The Balaban J connectivity index is 5.31. The van der Waals surface area contributed by atoms with Crippen molar-refractivity contribution in [3.63, 3.8) is 0 Å². The normalized spacial score (nSPS) is 19.0. The van der Waals surface area contributed by atoms with Gasteiger partial charge in [0.25, 0.3) is 0 Å². The second-order valence-corrected chi connectivity index (χ2v) is 23.2. The van der Waals surface area contributed by atoms with Gasteiger partial charge in [-0.15, -0.1) is 0 Å². The van der Waals surface area contributed by atoms with E-state index < -0.39 is 0 Å². The van der Waals surface area contributed by atoms with Crippen LogP contribution in [0.5, 0.6) is 0 Å². The first-order chi connectivity index (χ1) is 29.9. The SMILES string of the molecule is CCCCCCCCOC(CCCC(C)CC(C)CC(C)CC(C)CC(C)CC(C)O)OC(CCCC(C)CC(C)CC(C)CC(C)CC(C)CC(C)O)OCCCCCCCC. The van der Waals surface area contributed by atoms with E-state index >= 15 is 0 Å². The molecule has 5 heteroatoms. The molecule has 0 aliphatic carbocycles. The number of aliphatic hydroxyl groups is 2. The summed E-state index contributed by atoms with van der Waals surface area (Å²) in [6, 6.07) is 0. The predicted molar refractivity (Wildman–Crippen MR) is 276 cm³/mol. The average Bonchev–Trinajstić information content (AvgIpc) is 3.15. The predicted octanol–water partition coefficient (Wildman–Crippen LogP) is 17.8. The lowest BCUT2D eigenvalue weighted by Crippen LogP contribution is -2.28. The van der Waals surface area contributed by atoms with Crippen LogP contribution in [0, 0.1) is 59.2 Å². The van der Waals surface area contributed by atoms with Crippen LogP contribution in [-0.4, -0.2) is 48.2 Å². The van der Waals surface area contributed by atoms with E-state index in [9.17, 15) is 10.2 Å². The zero-order chi connectivity index (χ0) is 47.4. The largest absolute Gasteiger partial charge is 0.393 e. The number of unbranched alkanes of at least 4 members (excludes halogenated alkanes) is 10. The van der Waals surface area contributed by atoms with Crippen molar-refractivity contribution in [1.29, 1.82) is 0 Å². The van der Waals surface area contributed by atoms with Crippen molar-refractivity contribution in [1.82, 2.24) is 0 Å². The Hall–Kier alpha value is -0.200. The molecule has 63 heavy (non-hydrogen) atoms. The summed E-state index contributed by atoms with van der Waals surface area (Å²) in [5, 5.41) is 19.6. The minimum Gasteiger partial charge on any atom is -0.393 e. The van der Waals surface area contributed by atoms with Gasteiger partial charge in [-0.05, 0) is 176 Å². The summed E-state index contributed by atoms with van der Waals surface area (Å²) in [6.07, 6.45) is 33.2. The Morgan fingerprint density at radius 3 is 0.825 bits per heavy atom. The zero-order valence-corrected chi connectivity index (χ0v) is 45.4. The molecule has 0 fully saturated rings. The maximum absolute atomic E-state index is 9.81. The Morgan fingerprint density at radius 2 is 0.540 bits per heavy atom. The first kappa shape index (κ1) is 62.8. The van der Waals surface area contributed by atoms with E-state index in [0.29, 0.717) is 23.7 Å². The van der Waals surface area contributed by atoms with Crippen LogP contribution < -0.4 is 0 Å². The van der Waals surface area contributed by atoms with Gasteiger partial charge in [0, 0.05) is 13.2 Å². The van der Waals surface area contributed by atoms with Crippen LogP contribution in [0.15, 0.2) is 0 Å². The third-order valence-electron chi connectivity index (χ3n) is 14.1. The Bertz CT molecular complexity index is 882. The molecule has 380 valence electrons. The highest BCUT2D eigenvalue weighted by molar-refractivity contribution is 4.71. The van der Waals surface area contributed by atoms with E-state index in [1.165, 1.54) is 128 Å². The fourth-order valence-corrected chi connectivity index (χ4v) is 11.7. The molecular formula is C58H118O5. The summed E-state index contributed by atoms with van der Waals surface area (Å²) < 4.78 is 20.1. The van der Waals surface area contributed by atoms with Crippen molar-refractivity contribution < 1.29 is 24.4 Å². The first-order valence-corrected chi connectivity index (χ1v) is 28.2. The quantitative estimate of drug-likeness (QED) is 0.0471. The molecule has 0 saturated heterocycles. The highest BCUT2D eigenvalue weighted by Gasteiger charge is 2.22. The molecule has 0 rings (SSSR count). The highest BCUT2D eigenvalue weighted by Crippen LogP contribution is 2.31. The molecule has 0 heterocycles. The number of aliphatic hydroxyl groups excluding tert-OH is 2. The first-order valence-electron chi connectivity index (χ1n) is 28.2.